The van der Waals surface area contributed by atoms with Crippen LogP contribution < -0.4 is 9.47 Å². The lowest BCUT2D eigenvalue weighted by Gasteiger charge is -2.33. The van der Waals surface area contributed by atoms with Crippen LogP contribution in [0, 0.1) is 18.6 Å². The number of carbonyl (C=O) groups excluding carboxylic acids is 1. The Bertz CT molecular complexity index is 1470. The lowest BCUT2D eigenvalue weighted by molar-refractivity contribution is 0.0184. The van der Waals surface area contributed by atoms with E-state index in [2.05, 4.69) is 4.98 Å². The first-order chi connectivity index (χ1) is 19.5. The number of hydrogen-bond acceptors (Lipinski definition) is 6. The van der Waals surface area contributed by atoms with Crippen molar-refractivity contribution in [3.05, 3.63) is 64.8 Å². The molecule has 5 rings (SSSR count). The summed E-state index contributed by atoms with van der Waals surface area (Å²) in [6.07, 6.45) is 7.51. The molecule has 1 saturated heterocycles. The van der Waals surface area contributed by atoms with Gasteiger partial charge in [-0.3, -0.25) is 9.67 Å². The van der Waals surface area contributed by atoms with Crippen LogP contribution in [-0.2, 0) is 17.6 Å². The largest absolute Gasteiger partial charge is 0.494 e. The number of benzene rings is 1. The van der Waals surface area contributed by atoms with Gasteiger partial charge in [-0.15, -0.1) is 0 Å². The molecule has 2 aromatic heterocycles. The highest BCUT2D eigenvalue weighted by molar-refractivity contribution is 5.78. The van der Waals surface area contributed by atoms with Gasteiger partial charge in [0.1, 0.15) is 5.60 Å². The average molecular weight is 567 g/mol. The molecule has 1 aliphatic heterocycles. The molecule has 41 heavy (non-hydrogen) atoms. The van der Waals surface area contributed by atoms with E-state index in [4.69, 9.17) is 19.3 Å². The second-order valence-electron chi connectivity index (χ2n) is 11.5. The van der Waals surface area contributed by atoms with Crippen LogP contribution in [0.4, 0.5) is 13.6 Å². The molecule has 1 aliphatic carbocycles. The van der Waals surface area contributed by atoms with Crippen molar-refractivity contribution in [3.63, 3.8) is 0 Å². The fraction of sp³-hybridized carbons (Fsp3) is 0.452. The zero-order valence-corrected chi connectivity index (χ0v) is 24.4. The number of likely N-dealkylation sites (tertiary alicyclic amines) is 1. The zero-order valence-electron chi connectivity index (χ0n) is 24.4. The first kappa shape index (κ1) is 28.6. The van der Waals surface area contributed by atoms with E-state index in [1.807, 2.05) is 56.9 Å². The van der Waals surface area contributed by atoms with Crippen LogP contribution in [0.5, 0.6) is 11.5 Å². The Balaban J connectivity index is 1.35. The minimum absolute atomic E-state index is 0.0395. The van der Waals surface area contributed by atoms with E-state index in [1.165, 1.54) is 20.3 Å². The minimum atomic E-state index is -0.737. The van der Waals surface area contributed by atoms with E-state index in [0.717, 1.165) is 46.5 Å². The van der Waals surface area contributed by atoms with Gasteiger partial charge in [0, 0.05) is 66.1 Å². The maximum atomic E-state index is 15.1. The maximum absolute atomic E-state index is 15.1. The second kappa shape index (κ2) is 11.1. The fourth-order valence-electron chi connectivity index (χ4n) is 5.55. The number of hydrogen-bond donors (Lipinski definition) is 0. The number of aromatic nitrogens is 3. The summed E-state index contributed by atoms with van der Waals surface area (Å²) in [6.45, 7) is 8.83. The number of ether oxygens (including phenoxy) is 3. The lowest BCUT2D eigenvalue weighted by Crippen LogP contribution is -2.42. The summed E-state index contributed by atoms with van der Waals surface area (Å²) < 4.78 is 48.0. The van der Waals surface area contributed by atoms with Gasteiger partial charge in [0.15, 0.2) is 23.1 Å². The van der Waals surface area contributed by atoms with E-state index < -0.39 is 17.2 Å². The first-order valence-corrected chi connectivity index (χ1v) is 13.8. The van der Waals surface area contributed by atoms with Gasteiger partial charge in [-0.25, -0.2) is 13.6 Å². The highest BCUT2D eigenvalue weighted by Crippen LogP contribution is 2.38. The molecule has 1 amide bonds. The Labute approximate surface area is 238 Å². The number of allylic oxidation sites excluding steroid dienone is 2. The maximum Gasteiger partial charge on any atom is 0.410 e. The fourth-order valence-corrected chi connectivity index (χ4v) is 5.55. The Morgan fingerprint density at radius 2 is 1.68 bits per heavy atom. The van der Waals surface area contributed by atoms with Crippen LogP contribution >= 0.6 is 0 Å². The molecule has 0 unspecified atom stereocenters. The number of amides is 1. The van der Waals surface area contributed by atoms with Crippen molar-refractivity contribution in [1.82, 2.24) is 19.7 Å². The molecule has 218 valence electrons. The summed E-state index contributed by atoms with van der Waals surface area (Å²) in [4.78, 5) is 18.9. The Morgan fingerprint density at radius 1 is 1.02 bits per heavy atom. The van der Waals surface area contributed by atoms with Crippen LogP contribution in [0.1, 0.15) is 62.2 Å². The predicted octanol–water partition coefficient (Wildman–Crippen LogP) is 6.30. The molecular formula is C31H36F2N4O4. The standard InChI is InChI=1S/C31H36F2N4O4/c1-18-24(17-35-37(18)21-9-11-36(12-10-21)30(38)41-31(2,3)4)20-14-22-19(7-8-25(22)34-16-20)13-23-28(32)26(39-5)15-27(40-6)29(23)33/h7,14-17,21H,8-13H2,1-6H3. The number of rotatable bonds is 6. The quantitative estimate of drug-likeness (QED) is 0.348. The number of carbonyl (C=O) groups is 1. The van der Waals surface area contributed by atoms with Crippen molar-refractivity contribution < 1.29 is 27.8 Å². The smallest absolute Gasteiger partial charge is 0.410 e. The predicted molar refractivity (Wildman–Crippen MR) is 151 cm³/mol. The third-order valence-electron chi connectivity index (χ3n) is 7.71. The number of nitrogens with zero attached hydrogens (tertiary/aromatic N) is 4. The third kappa shape index (κ3) is 5.64. The molecule has 1 fully saturated rings. The molecule has 0 saturated carbocycles. The summed E-state index contributed by atoms with van der Waals surface area (Å²) in [7, 11) is 2.68. The number of fused-ring (bicyclic) bond motifs is 1. The molecule has 3 heterocycles. The van der Waals surface area contributed by atoms with Gasteiger partial charge >= 0.3 is 6.09 Å². The van der Waals surface area contributed by atoms with Gasteiger partial charge in [-0.1, -0.05) is 6.08 Å². The van der Waals surface area contributed by atoms with Gasteiger partial charge in [0.25, 0.3) is 0 Å². The minimum Gasteiger partial charge on any atom is -0.494 e. The Morgan fingerprint density at radius 3 is 2.29 bits per heavy atom. The summed E-state index contributed by atoms with van der Waals surface area (Å²) in [5.41, 5.74) is 4.72. The molecular weight excluding hydrogens is 530 g/mol. The van der Waals surface area contributed by atoms with Crippen LogP contribution in [-0.4, -0.2) is 58.7 Å². The van der Waals surface area contributed by atoms with E-state index in [0.29, 0.717) is 19.5 Å². The summed E-state index contributed by atoms with van der Waals surface area (Å²) in [6, 6.07) is 3.40. The van der Waals surface area contributed by atoms with Crippen molar-refractivity contribution in [1.29, 1.82) is 0 Å². The molecule has 0 atom stereocenters. The normalized spacial score (nSPS) is 15.5. The number of halogens is 2. The molecule has 1 aromatic carbocycles. The Kier molecular flexibility index (Phi) is 7.76. The van der Waals surface area contributed by atoms with Crippen LogP contribution in [0.2, 0.25) is 0 Å². The Hall–Kier alpha value is -3.95. The van der Waals surface area contributed by atoms with Gasteiger partial charge in [-0.2, -0.15) is 5.10 Å². The average Bonchev–Trinajstić information content (AvgIpc) is 3.53. The van der Waals surface area contributed by atoms with Crippen LogP contribution in [0.3, 0.4) is 0 Å². The van der Waals surface area contributed by atoms with E-state index >= 15 is 8.78 Å². The number of pyridine rings is 1. The molecule has 3 aromatic rings. The zero-order chi connectivity index (χ0) is 29.5. The molecule has 8 nitrogen and oxygen atoms in total. The summed E-state index contributed by atoms with van der Waals surface area (Å²) in [5, 5.41) is 4.70. The third-order valence-corrected chi connectivity index (χ3v) is 7.71. The van der Waals surface area contributed by atoms with E-state index in [9.17, 15) is 4.79 Å². The molecule has 0 N–H and O–H groups in total. The van der Waals surface area contributed by atoms with Gasteiger partial charge in [-0.05, 0) is 52.2 Å². The van der Waals surface area contributed by atoms with Crippen molar-refractivity contribution in [2.45, 2.75) is 65.0 Å². The molecule has 0 spiro atoms. The molecule has 0 radical (unpaired) electrons. The summed E-state index contributed by atoms with van der Waals surface area (Å²) >= 11 is 0. The van der Waals surface area contributed by atoms with Crippen molar-refractivity contribution in [2.24, 2.45) is 0 Å². The first-order valence-electron chi connectivity index (χ1n) is 13.8. The molecule has 2 aliphatic rings. The van der Waals surface area contributed by atoms with Gasteiger partial charge < -0.3 is 19.1 Å². The molecule has 0 bridgehead atoms. The highest BCUT2D eigenvalue weighted by atomic mass is 19.1. The van der Waals surface area contributed by atoms with E-state index in [1.54, 1.807) is 4.90 Å². The summed E-state index contributed by atoms with van der Waals surface area (Å²) in [5.74, 6) is -1.61. The van der Waals surface area contributed by atoms with Crippen LogP contribution in [0.15, 0.2) is 30.6 Å². The van der Waals surface area contributed by atoms with Gasteiger partial charge in [0.2, 0.25) is 0 Å². The van der Waals surface area contributed by atoms with Crippen LogP contribution in [0.25, 0.3) is 16.7 Å². The lowest BCUT2D eigenvalue weighted by atomic mass is 9.97. The van der Waals surface area contributed by atoms with Crippen molar-refractivity contribution >= 4 is 11.7 Å². The molecule has 10 heteroatoms. The van der Waals surface area contributed by atoms with Gasteiger partial charge in [0.05, 0.1) is 32.2 Å². The van der Waals surface area contributed by atoms with Crippen molar-refractivity contribution in [2.75, 3.05) is 27.3 Å². The second-order valence-corrected chi connectivity index (χ2v) is 11.5. The SMILES string of the molecule is COc1cc(OC)c(F)c(CC2=CCc3ncc(-c4cnn(C5CCN(C(=O)OC(C)(C)C)CC5)c4C)cc32)c1F. The number of methoxy groups -OCH3 is 2. The van der Waals surface area contributed by atoms with E-state index in [-0.39, 0.29) is 35.6 Å². The highest BCUT2D eigenvalue weighted by Gasteiger charge is 2.29. The van der Waals surface area contributed by atoms with Crippen molar-refractivity contribution in [3.8, 4) is 22.6 Å². The monoisotopic (exact) mass is 566 g/mol. The number of piperidine rings is 1. The topological polar surface area (TPSA) is 78.7 Å².